The van der Waals surface area contributed by atoms with Crippen molar-refractivity contribution in [1.29, 1.82) is 0 Å². The van der Waals surface area contributed by atoms with Crippen molar-refractivity contribution >= 4 is 5.97 Å². The Bertz CT molecular complexity index is 422. The van der Waals surface area contributed by atoms with Crippen LogP contribution in [0.25, 0.3) is 0 Å². The Labute approximate surface area is 120 Å². The summed E-state index contributed by atoms with van der Waals surface area (Å²) in [5.74, 6) is 0.747. The summed E-state index contributed by atoms with van der Waals surface area (Å²) in [6, 6.07) is 8.17. The van der Waals surface area contributed by atoms with E-state index in [0.29, 0.717) is 5.92 Å². The fourth-order valence-electron chi connectivity index (χ4n) is 2.49. The molecule has 2 unspecified atom stereocenters. The first kappa shape index (κ1) is 14.9. The number of carboxylic acids is 1. The minimum Gasteiger partial charge on any atom is -0.488 e. The second-order valence-electron chi connectivity index (χ2n) is 5.58. The maximum absolute atomic E-state index is 10.5. The third-order valence-electron chi connectivity index (χ3n) is 3.75. The Morgan fingerprint density at radius 2 is 2.25 bits per heavy atom. The molecular weight excluding hydrogens is 254 g/mol. The summed E-state index contributed by atoms with van der Waals surface area (Å²) in [5, 5.41) is 12.0. The first-order valence-corrected chi connectivity index (χ1v) is 7.32. The lowest BCUT2D eigenvalue weighted by Crippen LogP contribution is -2.31. The fraction of sp³-hybridized carbons (Fsp3) is 0.562. The van der Waals surface area contributed by atoms with Crippen LogP contribution in [0.15, 0.2) is 24.3 Å². The normalized spacial score (nSPS) is 18.4. The van der Waals surface area contributed by atoms with Crippen LogP contribution in [0.3, 0.4) is 0 Å². The molecule has 1 aliphatic rings. The standard InChI is InChI=1S/C16H23NO3/c1-12(6-7-16(18)19)8-9-17-11-14-10-13-4-2-3-5-15(13)20-14/h2-5,12,14,17H,6-11H2,1H3,(H,18,19). The summed E-state index contributed by atoms with van der Waals surface area (Å²) in [6.45, 7) is 3.86. The third-order valence-corrected chi connectivity index (χ3v) is 3.75. The molecular formula is C16H23NO3. The molecule has 0 saturated heterocycles. The van der Waals surface area contributed by atoms with Gasteiger partial charge in [0.05, 0.1) is 0 Å². The number of carboxylic acid groups (broad SMARTS) is 1. The van der Waals surface area contributed by atoms with Crippen LogP contribution in [-0.4, -0.2) is 30.3 Å². The van der Waals surface area contributed by atoms with Gasteiger partial charge in [-0.2, -0.15) is 0 Å². The molecule has 110 valence electrons. The smallest absolute Gasteiger partial charge is 0.303 e. The van der Waals surface area contributed by atoms with Crippen molar-refractivity contribution in [3.63, 3.8) is 0 Å². The molecule has 0 amide bonds. The summed E-state index contributed by atoms with van der Waals surface area (Å²) < 4.78 is 5.85. The highest BCUT2D eigenvalue weighted by Crippen LogP contribution is 2.27. The van der Waals surface area contributed by atoms with Gasteiger partial charge in [0.15, 0.2) is 0 Å². The second kappa shape index (κ2) is 7.29. The van der Waals surface area contributed by atoms with Gasteiger partial charge in [-0.1, -0.05) is 25.1 Å². The van der Waals surface area contributed by atoms with E-state index in [9.17, 15) is 4.79 Å². The zero-order valence-corrected chi connectivity index (χ0v) is 12.0. The van der Waals surface area contributed by atoms with Crippen molar-refractivity contribution in [3.05, 3.63) is 29.8 Å². The van der Waals surface area contributed by atoms with Gasteiger partial charge in [-0.15, -0.1) is 0 Å². The number of hydrogen-bond acceptors (Lipinski definition) is 3. The Morgan fingerprint density at radius 1 is 1.45 bits per heavy atom. The molecule has 2 rings (SSSR count). The van der Waals surface area contributed by atoms with E-state index in [0.717, 1.165) is 38.1 Å². The van der Waals surface area contributed by atoms with Gasteiger partial charge in [0.2, 0.25) is 0 Å². The van der Waals surface area contributed by atoms with Crippen LogP contribution >= 0.6 is 0 Å². The molecule has 1 heterocycles. The molecule has 0 aliphatic carbocycles. The lowest BCUT2D eigenvalue weighted by molar-refractivity contribution is -0.137. The number of ether oxygens (including phenoxy) is 1. The zero-order chi connectivity index (χ0) is 14.4. The third kappa shape index (κ3) is 4.53. The summed E-state index contributed by atoms with van der Waals surface area (Å²) in [6.07, 6.45) is 3.22. The van der Waals surface area contributed by atoms with Crippen molar-refractivity contribution in [3.8, 4) is 5.75 Å². The van der Waals surface area contributed by atoms with E-state index in [-0.39, 0.29) is 12.5 Å². The Hall–Kier alpha value is -1.55. The molecule has 4 heteroatoms. The number of para-hydroxylation sites is 1. The van der Waals surface area contributed by atoms with Crippen molar-refractivity contribution in [1.82, 2.24) is 5.32 Å². The van der Waals surface area contributed by atoms with Crippen molar-refractivity contribution < 1.29 is 14.6 Å². The van der Waals surface area contributed by atoms with Crippen LogP contribution in [0, 0.1) is 5.92 Å². The van der Waals surface area contributed by atoms with Crippen LogP contribution in [0.2, 0.25) is 0 Å². The summed E-state index contributed by atoms with van der Waals surface area (Å²) in [7, 11) is 0. The van der Waals surface area contributed by atoms with E-state index in [1.54, 1.807) is 0 Å². The van der Waals surface area contributed by atoms with Crippen LogP contribution < -0.4 is 10.1 Å². The first-order chi connectivity index (χ1) is 9.65. The van der Waals surface area contributed by atoms with E-state index in [2.05, 4.69) is 18.3 Å². The lowest BCUT2D eigenvalue weighted by Gasteiger charge is -2.14. The quantitative estimate of drug-likeness (QED) is 0.717. The summed E-state index contributed by atoms with van der Waals surface area (Å²) >= 11 is 0. The van der Waals surface area contributed by atoms with Gasteiger partial charge in [0.25, 0.3) is 0 Å². The highest BCUT2D eigenvalue weighted by molar-refractivity contribution is 5.66. The van der Waals surface area contributed by atoms with Crippen molar-refractivity contribution in [2.24, 2.45) is 5.92 Å². The highest BCUT2D eigenvalue weighted by Gasteiger charge is 2.21. The summed E-state index contributed by atoms with van der Waals surface area (Å²) in [5.41, 5.74) is 1.29. The van der Waals surface area contributed by atoms with Gasteiger partial charge in [-0.25, -0.2) is 0 Å². The fourth-order valence-corrected chi connectivity index (χ4v) is 2.49. The van der Waals surface area contributed by atoms with Gasteiger partial charge in [0, 0.05) is 19.4 Å². The molecule has 2 atom stereocenters. The second-order valence-corrected chi connectivity index (χ2v) is 5.58. The van der Waals surface area contributed by atoms with Gasteiger partial charge in [-0.05, 0) is 36.9 Å². The molecule has 20 heavy (non-hydrogen) atoms. The van der Waals surface area contributed by atoms with Crippen molar-refractivity contribution in [2.45, 2.75) is 38.7 Å². The number of aliphatic carboxylic acids is 1. The minimum absolute atomic E-state index is 0.224. The van der Waals surface area contributed by atoms with Crippen LogP contribution in [-0.2, 0) is 11.2 Å². The predicted molar refractivity (Wildman–Crippen MR) is 78.1 cm³/mol. The lowest BCUT2D eigenvalue weighted by atomic mass is 10.0. The predicted octanol–water partition coefficient (Wildman–Crippen LogP) is 2.47. The Balaban J connectivity index is 1.58. The maximum Gasteiger partial charge on any atom is 0.303 e. The average Bonchev–Trinajstić information content (AvgIpc) is 2.84. The van der Waals surface area contributed by atoms with Crippen LogP contribution in [0.4, 0.5) is 0 Å². The molecule has 0 saturated carbocycles. The molecule has 1 aliphatic heterocycles. The molecule has 0 fully saturated rings. The molecule has 0 aromatic heterocycles. The molecule has 0 spiro atoms. The number of carbonyl (C=O) groups is 1. The Kier molecular flexibility index (Phi) is 5.41. The van der Waals surface area contributed by atoms with E-state index in [4.69, 9.17) is 9.84 Å². The van der Waals surface area contributed by atoms with E-state index >= 15 is 0 Å². The molecule has 2 N–H and O–H groups in total. The number of fused-ring (bicyclic) bond motifs is 1. The highest BCUT2D eigenvalue weighted by atomic mass is 16.5. The SMILES string of the molecule is CC(CCNCC1Cc2ccccc2O1)CCC(=O)O. The van der Waals surface area contributed by atoms with E-state index in [1.165, 1.54) is 5.56 Å². The first-order valence-electron chi connectivity index (χ1n) is 7.32. The number of benzene rings is 1. The maximum atomic E-state index is 10.5. The van der Waals surface area contributed by atoms with Crippen LogP contribution in [0.5, 0.6) is 5.75 Å². The molecule has 1 aromatic rings. The molecule has 4 nitrogen and oxygen atoms in total. The van der Waals surface area contributed by atoms with Gasteiger partial charge in [-0.3, -0.25) is 4.79 Å². The molecule has 0 radical (unpaired) electrons. The number of rotatable bonds is 8. The largest absolute Gasteiger partial charge is 0.488 e. The van der Waals surface area contributed by atoms with Crippen molar-refractivity contribution in [2.75, 3.05) is 13.1 Å². The van der Waals surface area contributed by atoms with Gasteiger partial charge >= 0.3 is 5.97 Å². The van der Waals surface area contributed by atoms with Crippen LogP contribution in [0.1, 0.15) is 31.7 Å². The molecule has 0 bridgehead atoms. The van der Waals surface area contributed by atoms with Gasteiger partial charge in [0.1, 0.15) is 11.9 Å². The topological polar surface area (TPSA) is 58.6 Å². The number of nitrogens with one attached hydrogen (secondary N) is 1. The monoisotopic (exact) mass is 277 g/mol. The Morgan fingerprint density at radius 3 is 3.00 bits per heavy atom. The number of hydrogen-bond donors (Lipinski definition) is 2. The van der Waals surface area contributed by atoms with E-state index in [1.807, 2.05) is 18.2 Å². The average molecular weight is 277 g/mol. The summed E-state index contributed by atoms with van der Waals surface area (Å²) in [4.78, 5) is 10.5. The molecule has 1 aromatic carbocycles. The minimum atomic E-state index is -0.707. The van der Waals surface area contributed by atoms with Gasteiger partial charge < -0.3 is 15.2 Å². The van der Waals surface area contributed by atoms with E-state index < -0.39 is 5.97 Å². The zero-order valence-electron chi connectivity index (χ0n) is 12.0.